The highest BCUT2D eigenvalue weighted by Gasteiger charge is 2.16. The van der Waals surface area contributed by atoms with Crippen LogP contribution in [0, 0.1) is 19.8 Å². The largest absolute Gasteiger partial charge is 0.466 e. The average Bonchev–Trinajstić information content (AvgIpc) is 2.96. The first-order chi connectivity index (χ1) is 9.06. The maximum atomic E-state index is 5.60. The molecule has 108 valence electrons. The van der Waals surface area contributed by atoms with Crippen molar-refractivity contribution in [1.29, 1.82) is 0 Å². The quantitative estimate of drug-likeness (QED) is 0.854. The van der Waals surface area contributed by atoms with Gasteiger partial charge < -0.3 is 14.6 Å². The van der Waals surface area contributed by atoms with Crippen molar-refractivity contribution >= 4 is 0 Å². The Kier molecular flexibility index (Phi) is 5.06. The molecule has 0 aliphatic carbocycles. The first-order valence-electron chi connectivity index (χ1n) is 7.59. The molecule has 3 heteroatoms. The lowest BCUT2D eigenvalue weighted by Crippen LogP contribution is -2.32. The smallest absolute Gasteiger partial charge is 0.105 e. The molecule has 0 amide bonds. The zero-order valence-corrected chi connectivity index (χ0v) is 12.8. The number of nitrogens with one attached hydrogen (secondary N) is 1. The maximum absolute atomic E-state index is 5.60. The predicted octanol–water partition coefficient (Wildman–Crippen LogP) is 3.28. The van der Waals surface area contributed by atoms with E-state index in [2.05, 4.69) is 30.1 Å². The van der Waals surface area contributed by atoms with E-state index in [4.69, 9.17) is 4.42 Å². The molecule has 3 nitrogen and oxygen atoms in total. The van der Waals surface area contributed by atoms with Crippen LogP contribution >= 0.6 is 0 Å². The number of hydrogen-bond donors (Lipinski definition) is 1. The molecule has 1 aliphatic rings. The summed E-state index contributed by atoms with van der Waals surface area (Å²) in [5.41, 5.74) is 1.30. The second kappa shape index (κ2) is 6.58. The molecule has 2 rings (SSSR count). The van der Waals surface area contributed by atoms with Gasteiger partial charge in [-0.05, 0) is 65.2 Å². The van der Waals surface area contributed by atoms with Gasteiger partial charge in [-0.1, -0.05) is 6.92 Å². The van der Waals surface area contributed by atoms with Gasteiger partial charge in [-0.3, -0.25) is 0 Å². The number of aryl methyl sites for hydroxylation is 2. The zero-order chi connectivity index (χ0) is 13.8. The molecule has 0 radical (unpaired) electrons. The lowest BCUT2D eigenvalue weighted by Gasteiger charge is -2.22. The molecule has 2 atom stereocenters. The van der Waals surface area contributed by atoms with E-state index in [1.54, 1.807) is 0 Å². The van der Waals surface area contributed by atoms with Gasteiger partial charge in [0.2, 0.25) is 0 Å². The van der Waals surface area contributed by atoms with Crippen molar-refractivity contribution in [3.63, 3.8) is 0 Å². The van der Waals surface area contributed by atoms with E-state index in [0.717, 1.165) is 18.1 Å². The van der Waals surface area contributed by atoms with Crippen LogP contribution in [0.3, 0.4) is 0 Å². The van der Waals surface area contributed by atoms with E-state index in [1.807, 2.05) is 13.8 Å². The number of nitrogens with zero attached hydrogens (tertiary/aromatic N) is 1. The van der Waals surface area contributed by atoms with Gasteiger partial charge in [-0.25, -0.2) is 0 Å². The molecule has 1 fully saturated rings. The standard InChI is InChI=1S/C16H28N2O/c1-12(11-18-7-5-6-8-18)10-17-14(3)16-9-13(2)19-15(16)4/h9,12,14,17H,5-8,10-11H2,1-4H3. The molecule has 0 saturated carbocycles. The Labute approximate surface area is 117 Å². The van der Waals surface area contributed by atoms with Crippen LogP contribution in [-0.4, -0.2) is 31.1 Å². The molecule has 0 spiro atoms. The van der Waals surface area contributed by atoms with Crippen LogP contribution in [0.4, 0.5) is 0 Å². The minimum Gasteiger partial charge on any atom is -0.466 e. The SMILES string of the molecule is Cc1cc(C(C)NCC(C)CN2CCCC2)c(C)o1. The molecule has 1 aliphatic heterocycles. The third-order valence-electron chi connectivity index (χ3n) is 4.09. The van der Waals surface area contributed by atoms with Crippen LogP contribution < -0.4 is 5.32 Å². The summed E-state index contributed by atoms with van der Waals surface area (Å²) in [5.74, 6) is 2.75. The predicted molar refractivity (Wildman–Crippen MR) is 79.4 cm³/mol. The van der Waals surface area contributed by atoms with Crippen LogP contribution in [0.15, 0.2) is 10.5 Å². The van der Waals surface area contributed by atoms with Crippen molar-refractivity contribution in [3.05, 3.63) is 23.2 Å². The van der Waals surface area contributed by atoms with E-state index in [9.17, 15) is 0 Å². The van der Waals surface area contributed by atoms with Crippen molar-refractivity contribution in [2.24, 2.45) is 5.92 Å². The Morgan fingerprint density at radius 1 is 1.26 bits per heavy atom. The van der Waals surface area contributed by atoms with Crippen LogP contribution in [0.2, 0.25) is 0 Å². The molecular weight excluding hydrogens is 236 g/mol. The van der Waals surface area contributed by atoms with Crippen LogP contribution in [0.25, 0.3) is 0 Å². The van der Waals surface area contributed by atoms with Gasteiger partial charge in [0.05, 0.1) is 0 Å². The highest BCUT2D eigenvalue weighted by molar-refractivity contribution is 5.23. The van der Waals surface area contributed by atoms with Crippen LogP contribution in [-0.2, 0) is 0 Å². The van der Waals surface area contributed by atoms with Crippen molar-refractivity contribution in [2.75, 3.05) is 26.2 Å². The Bertz CT molecular complexity index is 393. The molecular formula is C16H28N2O. The van der Waals surface area contributed by atoms with Crippen LogP contribution in [0.5, 0.6) is 0 Å². The van der Waals surface area contributed by atoms with E-state index >= 15 is 0 Å². The number of rotatable bonds is 6. The second-order valence-electron chi connectivity index (χ2n) is 6.11. The van der Waals surface area contributed by atoms with Gasteiger partial charge in [0, 0.05) is 18.2 Å². The van der Waals surface area contributed by atoms with Crippen molar-refractivity contribution in [2.45, 2.75) is 46.6 Å². The Morgan fingerprint density at radius 3 is 2.53 bits per heavy atom. The average molecular weight is 264 g/mol. The lowest BCUT2D eigenvalue weighted by atomic mass is 10.1. The monoisotopic (exact) mass is 264 g/mol. The van der Waals surface area contributed by atoms with Gasteiger partial charge >= 0.3 is 0 Å². The molecule has 0 aromatic carbocycles. The normalized spacial score (nSPS) is 19.8. The summed E-state index contributed by atoms with van der Waals surface area (Å²) in [6.45, 7) is 13.5. The molecule has 0 bridgehead atoms. The fraction of sp³-hybridized carbons (Fsp3) is 0.750. The third-order valence-corrected chi connectivity index (χ3v) is 4.09. The van der Waals surface area contributed by atoms with E-state index < -0.39 is 0 Å². The molecule has 2 heterocycles. The highest BCUT2D eigenvalue weighted by atomic mass is 16.3. The Hall–Kier alpha value is -0.800. The van der Waals surface area contributed by atoms with Gasteiger partial charge in [0.1, 0.15) is 11.5 Å². The number of likely N-dealkylation sites (tertiary alicyclic amines) is 1. The van der Waals surface area contributed by atoms with Gasteiger partial charge in [-0.2, -0.15) is 0 Å². The number of furan rings is 1. The Morgan fingerprint density at radius 2 is 1.95 bits per heavy atom. The summed E-state index contributed by atoms with van der Waals surface area (Å²) >= 11 is 0. The minimum absolute atomic E-state index is 0.374. The highest BCUT2D eigenvalue weighted by Crippen LogP contribution is 2.21. The molecule has 2 unspecified atom stereocenters. The molecule has 1 aromatic heterocycles. The van der Waals surface area contributed by atoms with E-state index in [1.165, 1.54) is 38.0 Å². The summed E-state index contributed by atoms with van der Waals surface area (Å²) in [5, 5.41) is 3.64. The topological polar surface area (TPSA) is 28.4 Å². The molecule has 1 aromatic rings. The van der Waals surface area contributed by atoms with E-state index in [0.29, 0.717) is 12.0 Å². The molecule has 19 heavy (non-hydrogen) atoms. The first-order valence-corrected chi connectivity index (χ1v) is 7.59. The summed E-state index contributed by atoms with van der Waals surface area (Å²) in [6.07, 6.45) is 2.76. The van der Waals surface area contributed by atoms with Crippen molar-refractivity contribution in [3.8, 4) is 0 Å². The summed E-state index contributed by atoms with van der Waals surface area (Å²) in [6, 6.07) is 2.52. The van der Waals surface area contributed by atoms with Crippen molar-refractivity contribution in [1.82, 2.24) is 10.2 Å². The number of hydrogen-bond acceptors (Lipinski definition) is 3. The molecule has 1 saturated heterocycles. The van der Waals surface area contributed by atoms with Gasteiger partial charge in [-0.15, -0.1) is 0 Å². The third kappa shape index (κ3) is 4.08. The van der Waals surface area contributed by atoms with Gasteiger partial charge in [0.15, 0.2) is 0 Å². The minimum atomic E-state index is 0.374. The van der Waals surface area contributed by atoms with Crippen molar-refractivity contribution < 1.29 is 4.42 Å². The summed E-state index contributed by atoms with van der Waals surface area (Å²) in [4.78, 5) is 2.59. The maximum Gasteiger partial charge on any atom is 0.105 e. The fourth-order valence-corrected chi connectivity index (χ4v) is 3.04. The fourth-order valence-electron chi connectivity index (χ4n) is 3.04. The zero-order valence-electron chi connectivity index (χ0n) is 12.8. The second-order valence-corrected chi connectivity index (χ2v) is 6.11. The van der Waals surface area contributed by atoms with Crippen LogP contribution in [0.1, 0.15) is 49.8 Å². The molecule has 1 N–H and O–H groups in total. The Balaban J connectivity index is 1.76. The summed E-state index contributed by atoms with van der Waals surface area (Å²) in [7, 11) is 0. The summed E-state index contributed by atoms with van der Waals surface area (Å²) < 4.78 is 5.60. The van der Waals surface area contributed by atoms with E-state index in [-0.39, 0.29) is 0 Å². The van der Waals surface area contributed by atoms with Gasteiger partial charge in [0.25, 0.3) is 0 Å². The first kappa shape index (κ1) is 14.6. The lowest BCUT2D eigenvalue weighted by molar-refractivity contribution is 0.279.